The molecule has 14 heteroatoms. The minimum atomic E-state index is -1.11. The monoisotopic (exact) mass is 635 g/mol. The van der Waals surface area contributed by atoms with E-state index in [-0.39, 0.29) is 34.4 Å². The van der Waals surface area contributed by atoms with E-state index < -0.39 is 23.2 Å². The lowest BCUT2D eigenvalue weighted by atomic mass is 10.2. The molecule has 12 nitrogen and oxygen atoms in total. The minimum Gasteiger partial charge on any atom is -0.493 e. The molecule has 0 radical (unpaired) electrons. The van der Waals surface area contributed by atoms with Crippen molar-refractivity contribution in [3.63, 3.8) is 0 Å². The lowest BCUT2D eigenvalue weighted by Gasteiger charge is -2.35. The van der Waals surface area contributed by atoms with Gasteiger partial charge in [-0.2, -0.15) is 0 Å². The van der Waals surface area contributed by atoms with E-state index in [1.807, 2.05) is 18.2 Å². The number of hydrogen-bond donors (Lipinski definition) is 4. The quantitative estimate of drug-likeness (QED) is 0.158. The lowest BCUT2D eigenvalue weighted by molar-refractivity contribution is -0.111. The fourth-order valence-corrected chi connectivity index (χ4v) is 5.23. The smallest absolute Gasteiger partial charge is 0.293 e. The van der Waals surface area contributed by atoms with E-state index in [4.69, 9.17) is 13.9 Å². The first-order valence-electron chi connectivity index (χ1n) is 14.5. The van der Waals surface area contributed by atoms with Gasteiger partial charge in [-0.25, -0.2) is 13.8 Å². The van der Waals surface area contributed by atoms with Gasteiger partial charge in [0.2, 0.25) is 11.7 Å². The third-order valence-electron chi connectivity index (χ3n) is 7.74. The van der Waals surface area contributed by atoms with E-state index >= 15 is 0 Å². The van der Waals surface area contributed by atoms with Crippen molar-refractivity contribution in [2.24, 2.45) is 0 Å². The van der Waals surface area contributed by atoms with Crippen molar-refractivity contribution in [3.8, 4) is 11.5 Å². The van der Waals surface area contributed by atoms with E-state index in [0.717, 1.165) is 44.5 Å². The van der Waals surface area contributed by atoms with Gasteiger partial charge < -0.3 is 45.0 Å². The van der Waals surface area contributed by atoms with Gasteiger partial charge in [0, 0.05) is 50.4 Å². The van der Waals surface area contributed by atoms with Gasteiger partial charge in [-0.1, -0.05) is 13.5 Å². The van der Waals surface area contributed by atoms with Crippen LogP contribution in [-0.2, 0) is 4.79 Å². The molecule has 4 N–H and O–H groups in total. The van der Waals surface area contributed by atoms with E-state index in [2.05, 4.69) is 49.6 Å². The average molecular weight is 636 g/mol. The Hall–Kier alpha value is -5.37. The molecule has 0 atom stereocenters. The van der Waals surface area contributed by atoms with Crippen molar-refractivity contribution >= 4 is 57.0 Å². The molecule has 1 aliphatic heterocycles. The molecule has 5 rings (SSSR count). The number of fused-ring (bicyclic) bond motifs is 1. The summed E-state index contributed by atoms with van der Waals surface area (Å²) in [6, 6.07) is 8.40. The van der Waals surface area contributed by atoms with E-state index in [0.29, 0.717) is 22.6 Å². The van der Waals surface area contributed by atoms with E-state index in [9.17, 15) is 18.4 Å². The third kappa shape index (κ3) is 6.38. The highest BCUT2D eigenvalue weighted by molar-refractivity contribution is 6.12. The second kappa shape index (κ2) is 13.7. The molecule has 0 bridgehead atoms. The SMILES string of the molecule is C=CC(=O)Nc1cc(N2CCN(CC)CC2)ccc1Nc1cc2c(NC)c(C(=O)Nc3c(F)c(OC)cc(OC)c3F)oc2cn1. The topological polar surface area (TPSA) is 133 Å². The van der Waals surface area contributed by atoms with Crippen LogP contribution in [0.3, 0.4) is 0 Å². The van der Waals surface area contributed by atoms with Crippen molar-refractivity contribution < 1.29 is 32.3 Å². The highest BCUT2D eigenvalue weighted by Crippen LogP contribution is 2.38. The van der Waals surface area contributed by atoms with Crippen molar-refractivity contribution in [1.29, 1.82) is 0 Å². The molecule has 2 aromatic carbocycles. The number of piperazine rings is 1. The molecule has 0 saturated carbocycles. The summed E-state index contributed by atoms with van der Waals surface area (Å²) >= 11 is 0. The number of pyridine rings is 1. The van der Waals surface area contributed by atoms with Crippen molar-refractivity contribution in [2.45, 2.75) is 6.92 Å². The van der Waals surface area contributed by atoms with E-state index in [1.165, 1.54) is 26.5 Å². The summed E-state index contributed by atoms with van der Waals surface area (Å²) < 4.78 is 45.5. The Morgan fingerprint density at radius 3 is 2.30 bits per heavy atom. The second-order valence-corrected chi connectivity index (χ2v) is 10.3. The molecular formula is C32H35F2N7O5. The summed E-state index contributed by atoms with van der Waals surface area (Å²) in [4.78, 5) is 34.6. The molecule has 0 spiro atoms. The summed E-state index contributed by atoms with van der Waals surface area (Å²) in [5.41, 5.74) is 1.81. The highest BCUT2D eigenvalue weighted by Gasteiger charge is 2.26. The van der Waals surface area contributed by atoms with E-state index in [1.54, 1.807) is 13.1 Å². The molecule has 242 valence electrons. The number of carbonyl (C=O) groups excluding carboxylic acids is 2. The van der Waals surface area contributed by atoms with Crippen LogP contribution in [0.5, 0.6) is 11.5 Å². The van der Waals surface area contributed by atoms with Crippen LogP contribution in [0.4, 0.5) is 43.0 Å². The molecule has 3 heterocycles. The number of halogens is 2. The molecule has 46 heavy (non-hydrogen) atoms. The first-order chi connectivity index (χ1) is 22.2. The van der Waals surface area contributed by atoms with Gasteiger partial charge in [-0.15, -0.1) is 0 Å². The summed E-state index contributed by atoms with van der Waals surface area (Å²) in [6.45, 7) is 10.3. The number of aromatic nitrogens is 1. The number of amides is 2. The van der Waals surface area contributed by atoms with Crippen molar-refractivity contribution in [3.05, 3.63) is 66.6 Å². The van der Waals surface area contributed by atoms with Gasteiger partial charge in [0.15, 0.2) is 28.7 Å². The third-order valence-corrected chi connectivity index (χ3v) is 7.74. The molecule has 4 aromatic rings. The Balaban J connectivity index is 1.44. The molecule has 0 aliphatic carbocycles. The maximum Gasteiger partial charge on any atom is 0.293 e. The van der Waals surface area contributed by atoms with Crippen LogP contribution >= 0.6 is 0 Å². The van der Waals surface area contributed by atoms with Crippen molar-refractivity contribution in [1.82, 2.24) is 9.88 Å². The summed E-state index contributed by atoms with van der Waals surface area (Å²) in [5, 5.41) is 11.7. The Morgan fingerprint density at radius 1 is 1.00 bits per heavy atom. The summed E-state index contributed by atoms with van der Waals surface area (Å²) in [5.74, 6) is -4.01. The second-order valence-electron chi connectivity index (χ2n) is 10.3. The largest absolute Gasteiger partial charge is 0.493 e. The number of nitrogens with one attached hydrogen (secondary N) is 4. The number of rotatable bonds is 11. The van der Waals surface area contributed by atoms with Gasteiger partial charge in [-0.05, 0) is 36.9 Å². The normalized spacial score (nSPS) is 13.3. The Morgan fingerprint density at radius 2 is 1.70 bits per heavy atom. The Kier molecular flexibility index (Phi) is 9.56. The number of hydrogen-bond acceptors (Lipinski definition) is 10. The number of likely N-dealkylation sites (N-methyl/N-ethyl adjacent to an activating group) is 1. The van der Waals surface area contributed by atoms with Gasteiger partial charge in [-0.3, -0.25) is 9.59 Å². The maximum atomic E-state index is 14.9. The first-order valence-corrected chi connectivity index (χ1v) is 14.5. The number of carbonyl (C=O) groups is 2. The van der Waals surface area contributed by atoms with Crippen LogP contribution < -0.4 is 35.6 Å². The Labute approximate surface area is 264 Å². The molecule has 2 aromatic heterocycles. The number of nitrogens with zero attached hydrogens (tertiary/aromatic N) is 3. The van der Waals surface area contributed by atoms with Crippen LogP contribution in [0, 0.1) is 11.6 Å². The van der Waals surface area contributed by atoms with Gasteiger partial charge >= 0.3 is 0 Å². The Bertz CT molecular complexity index is 1760. The van der Waals surface area contributed by atoms with Gasteiger partial charge in [0.1, 0.15) is 11.5 Å². The zero-order valence-corrected chi connectivity index (χ0v) is 25.9. The molecule has 2 amide bonds. The molecular weight excluding hydrogens is 600 g/mol. The fourth-order valence-electron chi connectivity index (χ4n) is 5.23. The van der Waals surface area contributed by atoms with Crippen LogP contribution in [0.15, 0.2) is 53.6 Å². The van der Waals surface area contributed by atoms with Gasteiger partial charge in [0.05, 0.1) is 37.5 Å². The molecule has 0 unspecified atom stereocenters. The fraction of sp³-hybridized carbons (Fsp3) is 0.281. The summed E-state index contributed by atoms with van der Waals surface area (Å²) in [6.07, 6.45) is 2.60. The van der Waals surface area contributed by atoms with Crippen molar-refractivity contribution in [2.75, 3.05) is 80.2 Å². The zero-order chi connectivity index (χ0) is 33.0. The lowest BCUT2D eigenvalue weighted by Crippen LogP contribution is -2.46. The maximum absolute atomic E-state index is 14.9. The van der Waals surface area contributed by atoms with Gasteiger partial charge in [0.25, 0.3) is 5.91 Å². The predicted molar refractivity (Wildman–Crippen MR) is 174 cm³/mol. The number of ether oxygens (including phenoxy) is 2. The molecule has 1 aliphatic rings. The van der Waals surface area contributed by atoms with Crippen LogP contribution in [0.25, 0.3) is 11.0 Å². The number of furan rings is 1. The average Bonchev–Trinajstić information content (AvgIpc) is 3.45. The highest BCUT2D eigenvalue weighted by atomic mass is 19.1. The standard InChI is InChI=1S/C32H35F2N7O5/c1-6-26(42)38-21-14-18(41-12-10-40(7-2)11-13-41)8-9-20(21)37-25-15-19-24(17-36-25)46-31(29(19)35-3)32(43)39-30-27(33)22(44-4)16-23(45-5)28(30)34/h6,8-9,14-17,35H,1,7,10-13H2,2-5H3,(H,36,37)(H,38,42)(H,39,43). The first kappa shape index (κ1) is 32.0. The van der Waals surface area contributed by atoms with Crippen LogP contribution in [-0.4, -0.2) is 75.7 Å². The number of benzene rings is 2. The molecule has 1 fully saturated rings. The van der Waals surface area contributed by atoms with Crippen LogP contribution in [0.2, 0.25) is 0 Å². The minimum absolute atomic E-state index is 0.233. The number of methoxy groups -OCH3 is 2. The molecule has 1 saturated heterocycles. The van der Waals surface area contributed by atoms with Crippen LogP contribution in [0.1, 0.15) is 17.5 Å². The summed E-state index contributed by atoms with van der Waals surface area (Å²) in [7, 11) is 3.99. The zero-order valence-electron chi connectivity index (χ0n) is 25.9. The predicted octanol–water partition coefficient (Wildman–Crippen LogP) is 5.43. The number of anilines is 6.